The molecule has 0 bridgehead atoms. The Morgan fingerprint density at radius 3 is 2.37 bits per heavy atom. The van der Waals surface area contributed by atoms with Crippen LogP contribution in [0.25, 0.3) is 0 Å². The van der Waals surface area contributed by atoms with Gasteiger partial charge in [-0.3, -0.25) is 9.59 Å². The fraction of sp³-hybridized carbons (Fsp3) is 0.857. The zero-order chi connectivity index (χ0) is 14.5. The molecule has 1 N–H and O–H groups in total. The number of ether oxygens (including phenoxy) is 1. The van der Waals surface area contributed by atoms with Crippen LogP contribution in [-0.2, 0) is 14.3 Å². The van der Waals surface area contributed by atoms with Crippen LogP contribution in [0.3, 0.4) is 0 Å². The second-order valence-electron chi connectivity index (χ2n) is 5.79. The summed E-state index contributed by atoms with van der Waals surface area (Å²) in [6, 6.07) is 0. The highest BCUT2D eigenvalue weighted by molar-refractivity contribution is 9.10. The first-order valence-electron chi connectivity index (χ1n) is 6.91. The summed E-state index contributed by atoms with van der Waals surface area (Å²) in [5, 5.41) is 2.90. The number of nitrogens with one attached hydrogen (secondary N) is 1. The summed E-state index contributed by atoms with van der Waals surface area (Å²) in [6.45, 7) is 4.58. The SMILES string of the molecule is COC(=O)C(Br)CNC(=O)C1(CC(C)C)CCCC1. The summed E-state index contributed by atoms with van der Waals surface area (Å²) in [5.74, 6) is 0.237. The molecular formula is C14H24BrNO3. The monoisotopic (exact) mass is 333 g/mol. The van der Waals surface area contributed by atoms with Crippen LogP contribution in [0.2, 0.25) is 0 Å². The minimum absolute atomic E-state index is 0.0899. The van der Waals surface area contributed by atoms with Gasteiger partial charge in [0, 0.05) is 12.0 Å². The molecule has 110 valence electrons. The number of alkyl halides is 1. The van der Waals surface area contributed by atoms with Gasteiger partial charge in [-0.15, -0.1) is 0 Å². The van der Waals surface area contributed by atoms with E-state index < -0.39 is 4.83 Å². The normalized spacial score (nSPS) is 19.2. The van der Waals surface area contributed by atoms with Crippen LogP contribution in [0.1, 0.15) is 46.0 Å². The lowest BCUT2D eigenvalue weighted by Crippen LogP contribution is -2.43. The highest BCUT2D eigenvalue weighted by Crippen LogP contribution is 2.43. The second kappa shape index (κ2) is 7.27. The summed E-state index contributed by atoms with van der Waals surface area (Å²) in [5.41, 5.74) is -0.225. The molecule has 5 heteroatoms. The van der Waals surface area contributed by atoms with Crippen LogP contribution in [0.5, 0.6) is 0 Å². The van der Waals surface area contributed by atoms with E-state index in [2.05, 4.69) is 39.8 Å². The van der Waals surface area contributed by atoms with Gasteiger partial charge in [-0.25, -0.2) is 0 Å². The van der Waals surface area contributed by atoms with Crippen LogP contribution < -0.4 is 5.32 Å². The van der Waals surface area contributed by atoms with E-state index in [1.165, 1.54) is 7.11 Å². The van der Waals surface area contributed by atoms with Crippen LogP contribution in [0, 0.1) is 11.3 Å². The van der Waals surface area contributed by atoms with E-state index in [0.717, 1.165) is 32.1 Å². The molecule has 1 atom stereocenters. The topological polar surface area (TPSA) is 55.4 Å². The third-order valence-corrected chi connectivity index (χ3v) is 4.44. The molecule has 0 aromatic rings. The van der Waals surface area contributed by atoms with Gasteiger partial charge in [-0.1, -0.05) is 42.6 Å². The maximum absolute atomic E-state index is 12.4. The molecule has 0 saturated heterocycles. The smallest absolute Gasteiger partial charge is 0.321 e. The average molecular weight is 334 g/mol. The van der Waals surface area contributed by atoms with Gasteiger partial charge in [-0.2, -0.15) is 0 Å². The molecule has 4 nitrogen and oxygen atoms in total. The van der Waals surface area contributed by atoms with Gasteiger partial charge in [0.1, 0.15) is 4.83 Å². The van der Waals surface area contributed by atoms with Crippen molar-refractivity contribution in [3.8, 4) is 0 Å². The Labute approximate surface area is 123 Å². The quantitative estimate of drug-likeness (QED) is 0.600. The Kier molecular flexibility index (Phi) is 6.30. The summed E-state index contributed by atoms with van der Waals surface area (Å²) in [6.07, 6.45) is 5.08. The average Bonchev–Trinajstić information content (AvgIpc) is 2.83. The molecule has 19 heavy (non-hydrogen) atoms. The number of methoxy groups -OCH3 is 1. The minimum atomic E-state index is -0.473. The molecule has 0 aliphatic heterocycles. The Morgan fingerprint density at radius 2 is 1.89 bits per heavy atom. The van der Waals surface area contributed by atoms with Gasteiger partial charge in [0.05, 0.1) is 7.11 Å². The number of rotatable bonds is 6. The van der Waals surface area contributed by atoms with Crippen LogP contribution in [0.4, 0.5) is 0 Å². The van der Waals surface area contributed by atoms with E-state index in [9.17, 15) is 9.59 Å². The fourth-order valence-electron chi connectivity index (χ4n) is 2.94. The summed E-state index contributed by atoms with van der Waals surface area (Å²) < 4.78 is 4.62. The molecule has 0 aromatic carbocycles. The maximum atomic E-state index is 12.4. The predicted octanol–water partition coefficient (Wildman–Crippen LogP) is 2.65. The number of amides is 1. The summed E-state index contributed by atoms with van der Waals surface area (Å²) in [7, 11) is 1.34. The number of carbonyl (C=O) groups is 2. The van der Waals surface area contributed by atoms with Crippen molar-refractivity contribution in [2.45, 2.75) is 50.8 Å². The van der Waals surface area contributed by atoms with Crippen molar-refractivity contribution < 1.29 is 14.3 Å². The molecule has 1 amide bonds. The number of hydrogen-bond acceptors (Lipinski definition) is 3. The molecular weight excluding hydrogens is 310 g/mol. The van der Waals surface area contributed by atoms with E-state index in [0.29, 0.717) is 5.92 Å². The van der Waals surface area contributed by atoms with Crippen LogP contribution in [0.15, 0.2) is 0 Å². The van der Waals surface area contributed by atoms with Gasteiger partial charge < -0.3 is 10.1 Å². The number of esters is 1. The van der Waals surface area contributed by atoms with E-state index in [4.69, 9.17) is 0 Å². The van der Waals surface area contributed by atoms with E-state index in [-0.39, 0.29) is 23.8 Å². The number of carbonyl (C=O) groups excluding carboxylic acids is 2. The first-order valence-corrected chi connectivity index (χ1v) is 7.83. The first kappa shape index (κ1) is 16.5. The van der Waals surface area contributed by atoms with Gasteiger partial charge in [0.15, 0.2) is 0 Å². The second-order valence-corrected chi connectivity index (χ2v) is 6.89. The molecule has 0 heterocycles. The molecule has 1 fully saturated rings. The molecule has 1 aliphatic carbocycles. The third kappa shape index (κ3) is 4.48. The molecule has 1 rings (SSSR count). The van der Waals surface area contributed by atoms with Gasteiger partial charge in [0.25, 0.3) is 0 Å². The Hall–Kier alpha value is -0.580. The molecule has 0 aromatic heterocycles. The van der Waals surface area contributed by atoms with Crippen molar-refractivity contribution in [2.75, 3.05) is 13.7 Å². The lowest BCUT2D eigenvalue weighted by molar-refractivity contribution is -0.139. The lowest BCUT2D eigenvalue weighted by atomic mass is 9.77. The van der Waals surface area contributed by atoms with Crippen LogP contribution in [-0.4, -0.2) is 30.4 Å². The van der Waals surface area contributed by atoms with E-state index in [1.54, 1.807) is 0 Å². The fourth-order valence-corrected chi connectivity index (χ4v) is 3.29. The van der Waals surface area contributed by atoms with E-state index >= 15 is 0 Å². The summed E-state index contributed by atoms with van der Waals surface area (Å²) >= 11 is 3.22. The first-order chi connectivity index (χ1) is 8.91. The summed E-state index contributed by atoms with van der Waals surface area (Å²) in [4.78, 5) is 23.2. The van der Waals surface area contributed by atoms with Crippen LogP contribution >= 0.6 is 15.9 Å². The van der Waals surface area contributed by atoms with Crippen molar-refractivity contribution in [1.29, 1.82) is 0 Å². The molecule has 1 saturated carbocycles. The Bertz CT molecular complexity index is 325. The van der Waals surface area contributed by atoms with Gasteiger partial charge in [0.2, 0.25) is 5.91 Å². The molecule has 0 spiro atoms. The van der Waals surface area contributed by atoms with Gasteiger partial charge >= 0.3 is 5.97 Å². The third-order valence-electron chi connectivity index (χ3n) is 3.74. The van der Waals surface area contributed by atoms with Crippen molar-refractivity contribution in [3.05, 3.63) is 0 Å². The maximum Gasteiger partial charge on any atom is 0.321 e. The van der Waals surface area contributed by atoms with Crippen molar-refractivity contribution in [3.63, 3.8) is 0 Å². The van der Waals surface area contributed by atoms with Crippen molar-refractivity contribution in [2.24, 2.45) is 11.3 Å². The lowest BCUT2D eigenvalue weighted by Gasteiger charge is -2.29. The number of halogens is 1. The Balaban J connectivity index is 2.56. The highest BCUT2D eigenvalue weighted by Gasteiger charge is 2.41. The predicted molar refractivity (Wildman–Crippen MR) is 78.1 cm³/mol. The van der Waals surface area contributed by atoms with Gasteiger partial charge in [-0.05, 0) is 25.2 Å². The minimum Gasteiger partial charge on any atom is -0.468 e. The van der Waals surface area contributed by atoms with E-state index in [1.807, 2.05) is 0 Å². The van der Waals surface area contributed by atoms with Crippen molar-refractivity contribution >= 4 is 27.8 Å². The zero-order valence-corrected chi connectivity index (χ0v) is 13.6. The molecule has 0 radical (unpaired) electrons. The molecule has 1 aliphatic rings. The van der Waals surface area contributed by atoms with Crippen molar-refractivity contribution in [1.82, 2.24) is 5.32 Å². The molecule has 1 unspecified atom stereocenters. The number of hydrogen-bond donors (Lipinski definition) is 1. The Morgan fingerprint density at radius 1 is 1.32 bits per heavy atom. The largest absolute Gasteiger partial charge is 0.468 e. The standard InChI is InChI=1S/C14H24BrNO3/c1-10(2)8-14(6-4-5-7-14)13(18)16-9-11(15)12(17)19-3/h10-11H,4-9H2,1-3H3,(H,16,18). The highest BCUT2D eigenvalue weighted by atomic mass is 79.9. The zero-order valence-electron chi connectivity index (χ0n) is 12.0.